The van der Waals surface area contributed by atoms with Crippen molar-refractivity contribution in [3.05, 3.63) is 179 Å². The molecule has 0 aliphatic rings. The number of carbonyl (C=O) groups is 7. The van der Waals surface area contributed by atoms with Crippen LogP contribution in [0.15, 0.2) is 152 Å². The third-order valence-corrected chi connectivity index (χ3v) is 11.7. The van der Waals surface area contributed by atoms with E-state index in [1.165, 1.54) is 0 Å². The van der Waals surface area contributed by atoms with Crippen molar-refractivity contribution in [1.29, 1.82) is 0 Å². The second kappa shape index (κ2) is 27.8. The molecule has 0 fully saturated rings. The molecule has 4 atom stereocenters. The van der Waals surface area contributed by atoms with Crippen LogP contribution in [-0.2, 0) is 51.8 Å². The highest BCUT2D eigenvalue weighted by Gasteiger charge is 2.39. The number of nitrogens with one attached hydrogen (secondary N) is 7. The monoisotopic (exact) mass is 1030 g/mol. The summed E-state index contributed by atoms with van der Waals surface area (Å²) in [4.78, 5) is 95.5. The van der Waals surface area contributed by atoms with Gasteiger partial charge in [-0.25, -0.2) is 19.8 Å². The molecule has 0 bridgehead atoms. The molecule has 5 aromatic carbocycles. The number of alkyl carbamates (subject to hydrolysis) is 2. The van der Waals surface area contributed by atoms with Crippen molar-refractivity contribution >= 4 is 41.8 Å². The predicted molar refractivity (Wildman–Crippen MR) is 285 cm³/mol. The van der Waals surface area contributed by atoms with E-state index >= 15 is 0 Å². The number of unbranched alkanes of at least 4 members (excludes halogenated alkanes) is 1. The molecule has 0 saturated carbocycles. The lowest BCUT2D eigenvalue weighted by Crippen LogP contribution is -2.60. The number of hydrogen-bond donors (Lipinski definition) is 8. The van der Waals surface area contributed by atoms with Crippen molar-refractivity contribution in [2.75, 3.05) is 6.54 Å². The Balaban J connectivity index is 1.42. The minimum atomic E-state index is -1.48. The number of carboxylic acid groups (broad SMARTS) is 1. The highest BCUT2D eigenvalue weighted by atomic mass is 16.6. The Hall–Kier alpha value is -8.05. The maximum atomic E-state index is 14.6. The Morgan fingerprint density at radius 2 is 0.907 bits per heavy atom. The number of ether oxygens (including phenoxy) is 2. The van der Waals surface area contributed by atoms with Crippen molar-refractivity contribution in [1.82, 2.24) is 37.4 Å². The van der Waals surface area contributed by atoms with Gasteiger partial charge in [0, 0.05) is 19.4 Å². The van der Waals surface area contributed by atoms with E-state index in [1.54, 1.807) is 96.1 Å². The molecule has 0 saturated heterocycles. The summed E-state index contributed by atoms with van der Waals surface area (Å²) >= 11 is 0. The molecular formula is C58H71N7O10. The first kappa shape index (κ1) is 57.8. The van der Waals surface area contributed by atoms with Crippen LogP contribution in [0.3, 0.4) is 0 Å². The predicted octanol–water partition coefficient (Wildman–Crippen LogP) is 6.99. The normalized spacial score (nSPS) is 13.1. The van der Waals surface area contributed by atoms with Gasteiger partial charge in [0.2, 0.25) is 17.7 Å². The summed E-state index contributed by atoms with van der Waals surface area (Å²) in [7, 11) is 0. The number of carbonyl (C=O) groups excluding carboxylic acids is 6. The first-order chi connectivity index (χ1) is 35.7. The molecule has 0 aliphatic heterocycles. The van der Waals surface area contributed by atoms with Gasteiger partial charge in [-0.05, 0) is 101 Å². The van der Waals surface area contributed by atoms with E-state index in [9.17, 15) is 38.7 Å². The Kier molecular flexibility index (Phi) is 21.5. The molecule has 0 radical (unpaired) electrons. The van der Waals surface area contributed by atoms with E-state index < -0.39 is 82.7 Å². The first-order valence-corrected chi connectivity index (χ1v) is 25.1. The van der Waals surface area contributed by atoms with E-state index in [1.807, 2.05) is 97.1 Å². The zero-order valence-corrected chi connectivity index (χ0v) is 43.5. The van der Waals surface area contributed by atoms with Gasteiger partial charge in [0.25, 0.3) is 5.91 Å². The third kappa shape index (κ3) is 19.1. The van der Waals surface area contributed by atoms with E-state index in [0.29, 0.717) is 12.0 Å². The molecule has 0 aromatic heterocycles. The minimum Gasteiger partial charge on any atom is -0.480 e. The smallest absolute Gasteiger partial charge is 0.408 e. The van der Waals surface area contributed by atoms with Gasteiger partial charge in [-0.1, -0.05) is 152 Å². The fourth-order valence-electron chi connectivity index (χ4n) is 8.19. The number of amides is 6. The van der Waals surface area contributed by atoms with Crippen molar-refractivity contribution in [3.8, 4) is 0 Å². The highest BCUT2D eigenvalue weighted by molar-refractivity contribution is 5.93. The average Bonchev–Trinajstić information content (AvgIpc) is 3.37. The number of hydrogen-bond acceptors (Lipinski definition) is 10. The molecule has 17 nitrogen and oxygen atoms in total. The van der Waals surface area contributed by atoms with Crippen LogP contribution in [-0.4, -0.2) is 88.8 Å². The summed E-state index contributed by atoms with van der Waals surface area (Å²) in [6.07, 6.45) is -1.37. The van der Waals surface area contributed by atoms with Gasteiger partial charge in [0.05, 0.1) is 0 Å². The van der Waals surface area contributed by atoms with E-state index in [-0.39, 0.29) is 45.1 Å². The Morgan fingerprint density at radius 1 is 0.480 bits per heavy atom. The zero-order valence-electron chi connectivity index (χ0n) is 43.5. The summed E-state index contributed by atoms with van der Waals surface area (Å²) < 4.78 is 10.7. The van der Waals surface area contributed by atoms with Crippen LogP contribution in [0.1, 0.15) is 101 Å². The zero-order chi connectivity index (χ0) is 54.4. The third-order valence-electron chi connectivity index (χ3n) is 11.7. The van der Waals surface area contributed by atoms with Crippen LogP contribution >= 0.6 is 0 Å². The summed E-state index contributed by atoms with van der Waals surface area (Å²) in [6, 6.07) is 40.9. The van der Waals surface area contributed by atoms with E-state index in [2.05, 4.69) is 37.4 Å². The molecule has 8 N–H and O–H groups in total. The molecule has 17 heteroatoms. The molecule has 6 amide bonds. The largest absolute Gasteiger partial charge is 0.480 e. The summed E-state index contributed by atoms with van der Waals surface area (Å²) in [6.45, 7) is 10.5. The molecular weight excluding hydrogens is 955 g/mol. The van der Waals surface area contributed by atoms with E-state index in [0.717, 1.165) is 22.3 Å². The molecule has 0 aliphatic carbocycles. The topological polar surface area (TPSA) is 242 Å². The van der Waals surface area contributed by atoms with Crippen LogP contribution in [0, 0.1) is 0 Å². The van der Waals surface area contributed by atoms with Crippen LogP contribution in [0.25, 0.3) is 0 Å². The van der Waals surface area contributed by atoms with Gasteiger partial charge in [-0.15, -0.1) is 0 Å². The summed E-state index contributed by atoms with van der Waals surface area (Å²) in [5.74, 6) is -4.17. The average molecular weight is 1030 g/mol. The lowest BCUT2D eigenvalue weighted by atomic mass is 9.77. The second-order valence-corrected chi connectivity index (χ2v) is 20.1. The quantitative estimate of drug-likeness (QED) is 0.0168. The molecule has 398 valence electrons. The molecule has 5 rings (SSSR count). The van der Waals surface area contributed by atoms with E-state index in [4.69, 9.17) is 9.47 Å². The SMILES string of the molecule is CC(C)(C)OC(=O)NCCCCC(NC(=O)C(CCC(=O)NC(c1ccccc1)(c1ccccc1)c1ccccc1)NC(=O)C(Cc1ccccc1)NNC(=O)C(Cc1ccccc1)NC(=O)OC(C)(C)C)C(=O)O. The van der Waals surface area contributed by atoms with Crippen LogP contribution in [0.5, 0.6) is 0 Å². The Labute approximate surface area is 439 Å². The standard InChI is InChI=1S/C58H71N7O10/c1-56(2,3)74-54(72)59-37-23-22-34-46(53(70)71)61-50(67)45(35-36-49(66)63-58(42-28-16-9-17-29-42,43-30-18-10-19-31-43)44-32-20-11-21-33-44)60-51(68)48(39-41-26-14-8-15-27-41)64-65-52(69)47(38-40-24-12-7-13-25-40)62-55(73)75-57(4,5)6/h7-21,24-33,45-48,64H,22-23,34-39H2,1-6H3,(H,59,72)(H,60,68)(H,61,67)(H,62,73)(H,63,66)(H,65,69)(H,70,71). The maximum absolute atomic E-state index is 14.6. The number of hydrazine groups is 1. The first-order valence-electron chi connectivity index (χ1n) is 25.1. The van der Waals surface area contributed by atoms with Crippen LogP contribution in [0.4, 0.5) is 9.59 Å². The molecule has 5 aromatic rings. The summed E-state index contributed by atoms with van der Waals surface area (Å²) in [5, 5.41) is 24.2. The van der Waals surface area contributed by atoms with Gasteiger partial charge in [0.15, 0.2) is 0 Å². The van der Waals surface area contributed by atoms with Crippen LogP contribution in [0.2, 0.25) is 0 Å². The van der Waals surface area contributed by atoms with Gasteiger partial charge in [-0.3, -0.25) is 24.6 Å². The van der Waals surface area contributed by atoms with Crippen molar-refractivity contribution < 1.29 is 48.1 Å². The number of benzene rings is 5. The number of carboxylic acids is 1. The van der Waals surface area contributed by atoms with Crippen molar-refractivity contribution in [2.24, 2.45) is 0 Å². The number of rotatable bonds is 25. The lowest BCUT2D eigenvalue weighted by molar-refractivity contribution is -0.142. The minimum absolute atomic E-state index is 0.00649. The van der Waals surface area contributed by atoms with Crippen molar-refractivity contribution in [2.45, 2.75) is 127 Å². The summed E-state index contributed by atoms with van der Waals surface area (Å²) in [5.41, 5.74) is 6.34. The molecule has 75 heavy (non-hydrogen) atoms. The van der Waals surface area contributed by atoms with Gasteiger partial charge in [0.1, 0.15) is 40.9 Å². The Bertz CT molecular complexity index is 2530. The van der Waals surface area contributed by atoms with Crippen molar-refractivity contribution in [3.63, 3.8) is 0 Å². The fourth-order valence-corrected chi connectivity index (χ4v) is 8.19. The van der Waals surface area contributed by atoms with Gasteiger partial charge < -0.3 is 41.2 Å². The second-order valence-electron chi connectivity index (χ2n) is 20.1. The van der Waals surface area contributed by atoms with Crippen LogP contribution < -0.4 is 37.4 Å². The molecule has 4 unspecified atom stereocenters. The molecule has 0 heterocycles. The maximum Gasteiger partial charge on any atom is 0.408 e. The fraction of sp³-hybridized carbons (Fsp3) is 0.362. The number of aliphatic carboxylic acids is 1. The molecule has 0 spiro atoms. The lowest BCUT2D eigenvalue weighted by Gasteiger charge is -2.37. The Morgan fingerprint density at radius 3 is 1.37 bits per heavy atom. The van der Waals surface area contributed by atoms with Gasteiger partial charge in [-0.2, -0.15) is 0 Å². The van der Waals surface area contributed by atoms with Gasteiger partial charge >= 0.3 is 18.2 Å². The highest BCUT2D eigenvalue weighted by Crippen LogP contribution is 2.37.